The van der Waals surface area contributed by atoms with E-state index in [1.54, 1.807) is 7.11 Å². The second-order valence-electron chi connectivity index (χ2n) is 6.08. The van der Waals surface area contributed by atoms with E-state index in [-0.39, 0.29) is 5.91 Å². The zero-order valence-electron chi connectivity index (χ0n) is 13.3. The van der Waals surface area contributed by atoms with Crippen molar-refractivity contribution in [3.05, 3.63) is 0 Å². The summed E-state index contributed by atoms with van der Waals surface area (Å²) < 4.78 is 5.97. The number of hydrogen-bond acceptors (Lipinski definition) is 8. The van der Waals surface area contributed by atoms with Gasteiger partial charge in [-0.1, -0.05) is 23.1 Å². The third kappa shape index (κ3) is 4.34. The Morgan fingerprint density at radius 3 is 3.00 bits per heavy atom. The molecule has 2 bridgehead atoms. The lowest BCUT2D eigenvalue weighted by Crippen LogP contribution is -2.45. The van der Waals surface area contributed by atoms with E-state index in [0.717, 1.165) is 37.1 Å². The molecule has 0 aromatic carbocycles. The first-order chi connectivity index (χ1) is 11.2. The van der Waals surface area contributed by atoms with Crippen LogP contribution < -0.4 is 5.73 Å². The van der Waals surface area contributed by atoms with Gasteiger partial charge in [-0.2, -0.15) is 0 Å². The molecule has 0 radical (unpaired) electrons. The molecule has 2 N–H and O–H groups in total. The van der Waals surface area contributed by atoms with E-state index < -0.39 is 0 Å². The number of carbonyl (C=O) groups is 1. The Kier molecular flexibility index (Phi) is 5.73. The van der Waals surface area contributed by atoms with Crippen molar-refractivity contribution >= 4 is 34.1 Å². The SMILES string of the molecule is COCCN1C[C@H]2CC[C@@H]1CN(C(=O)CSc1nnc(N)s1)C2. The summed E-state index contributed by atoms with van der Waals surface area (Å²) in [7, 11) is 1.74. The van der Waals surface area contributed by atoms with Crippen LogP contribution in [0, 0.1) is 5.92 Å². The fourth-order valence-corrected chi connectivity index (χ4v) is 4.90. The van der Waals surface area contributed by atoms with Crippen LogP contribution in [-0.4, -0.2) is 77.6 Å². The summed E-state index contributed by atoms with van der Waals surface area (Å²) in [5.74, 6) is 1.18. The molecule has 4 rings (SSSR count). The summed E-state index contributed by atoms with van der Waals surface area (Å²) in [4.78, 5) is 17.1. The summed E-state index contributed by atoms with van der Waals surface area (Å²) in [5.41, 5.74) is 5.57. The summed E-state index contributed by atoms with van der Waals surface area (Å²) in [6, 6.07) is 0.468. The molecular formula is C14H23N5O2S2. The van der Waals surface area contributed by atoms with Gasteiger partial charge < -0.3 is 15.4 Å². The molecule has 2 atom stereocenters. The molecule has 9 heteroatoms. The predicted molar refractivity (Wildman–Crippen MR) is 91.6 cm³/mol. The van der Waals surface area contributed by atoms with Crippen LogP contribution in [-0.2, 0) is 9.53 Å². The van der Waals surface area contributed by atoms with Gasteiger partial charge in [-0.15, -0.1) is 10.2 Å². The number of nitrogens with two attached hydrogens (primary N) is 1. The smallest absolute Gasteiger partial charge is 0.233 e. The van der Waals surface area contributed by atoms with Gasteiger partial charge in [0.25, 0.3) is 0 Å². The normalized spacial score (nSPS) is 24.8. The molecule has 1 aromatic rings. The molecule has 7 nitrogen and oxygen atoms in total. The van der Waals surface area contributed by atoms with Crippen LogP contribution in [0.1, 0.15) is 12.8 Å². The topological polar surface area (TPSA) is 84.6 Å². The molecule has 0 unspecified atom stereocenters. The Bertz CT molecular complexity index is 541. The van der Waals surface area contributed by atoms with Gasteiger partial charge in [0, 0.05) is 39.3 Å². The molecule has 4 heterocycles. The minimum Gasteiger partial charge on any atom is -0.383 e. The second kappa shape index (κ2) is 7.78. The van der Waals surface area contributed by atoms with Crippen LogP contribution in [0.3, 0.4) is 0 Å². The van der Waals surface area contributed by atoms with E-state index >= 15 is 0 Å². The highest BCUT2D eigenvalue weighted by Gasteiger charge is 2.36. The molecule has 3 aliphatic rings. The van der Waals surface area contributed by atoms with Gasteiger partial charge >= 0.3 is 0 Å². The lowest BCUT2D eigenvalue weighted by atomic mass is 9.95. The fraction of sp³-hybridized carbons (Fsp3) is 0.786. The molecule has 0 aliphatic carbocycles. The highest BCUT2D eigenvalue weighted by Crippen LogP contribution is 2.29. The number of nitrogens with zero attached hydrogens (tertiary/aromatic N) is 4. The number of carbonyl (C=O) groups excluding carboxylic acids is 1. The minimum absolute atomic E-state index is 0.189. The predicted octanol–water partition coefficient (Wildman–Crippen LogP) is 0.782. The number of amides is 1. The van der Waals surface area contributed by atoms with Gasteiger partial charge in [0.05, 0.1) is 12.4 Å². The first kappa shape index (κ1) is 16.9. The van der Waals surface area contributed by atoms with Crippen molar-refractivity contribution < 1.29 is 9.53 Å². The first-order valence-corrected chi connectivity index (χ1v) is 9.68. The maximum Gasteiger partial charge on any atom is 0.233 e. The maximum atomic E-state index is 12.6. The molecule has 3 saturated heterocycles. The molecule has 3 fully saturated rings. The summed E-state index contributed by atoms with van der Waals surface area (Å²) in [6.07, 6.45) is 2.40. The van der Waals surface area contributed by atoms with E-state index in [4.69, 9.17) is 10.5 Å². The minimum atomic E-state index is 0.189. The van der Waals surface area contributed by atoms with Crippen molar-refractivity contribution in [1.29, 1.82) is 0 Å². The highest BCUT2D eigenvalue weighted by atomic mass is 32.2. The van der Waals surface area contributed by atoms with Crippen molar-refractivity contribution in [1.82, 2.24) is 20.0 Å². The van der Waals surface area contributed by atoms with E-state index in [0.29, 0.717) is 22.8 Å². The molecule has 23 heavy (non-hydrogen) atoms. The number of fused-ring (bicyclic) bond motifs is 4. The number of thioether (sulfide) groups is 1. The van der Waals surface area contributed by atoms with E-state index in [2.05, 4.69) is 15.1 Å². The van der Waals surface area contributed by atoms with Gasteiger partial charge in [0.2, 0.25) is 11.0 Å². The number of nitrogen functional groups attached to an aromatic ring is 1. The number of hydrogen-bond donors (Lipinski definition) is 1. The Hall–Kier alpha value is -0.900. The molecule has 0 saturated carbocycles. The largest absolute Gasteiger partial charge is 0.383 e. The van der Waals surface area contributed by atoms with E-state index in [1.165, 1.54) is 35.9 Å². The number of anilines is 1. The Morgan fingerprint density at radius 2 is 2.26 bits per heavy atom. The number of rotatable bonds is 6. The van der Waals surface area contributed by atoms with E-state index in [1.807, 2.05) is 4.90 Å². The van der Waals surface area contributed by atoms with Gasteiger partial charge in [0.15, 0.2) is 4.34 Å². The standard InChI is InChI=1S/C14H23N5O2S2/c1-21-5-4-18-6-10-2-3-11(18)8-19(7-10)12(20)9-22-14-17-16-13(15)23-14/h10-11H,2-9H2,1H3,(H2,15,16)/t10-,11-/m1/s1. The second-order valence-corrected chi connectivity index (χ2v) is 8.31. The molecule has 128 valence electrons. The Morgan fingerprint density at radius 1 is 1.39 bits per heavy atom. The summed E-state index contributed by atoms with van der Waals surface area (Å²) in [6.45, 7) is 4.50. The summed E-state index contributed by atoms with van der Waals surface area (Å²) >= 11 is 2.76. The molecule has 1 amide bonds. The van der Waals surface area contributed by atoms with Crippen molar-refractivity contribution in [2.75, 3.05) is 51.4 Å². The van der Waals surface area contributed by atoms with Crippen LogP contribution in [0.2, 0.25) is 0 Å². The number of piperidine rings is 1. The maximum absolute atomic E-state index is 12.6. The monoisotopic (exact) mass is 357 g/mol. The Balaban J connectivity index is 1.55. The van der Waals surface area contributed by atoms with Crippen LogP contribution in [0.25, 0.3) is 0 Å². The van der Waals surface area contributed by atoms with Gasteiger partial charge in [-0.05, 0) is 18.8 Å². The highest BCUT2D eigenvalue weighted by molar-refractivity contribution is 8.01. The lowest BCUT2D eigenvalue weighted by Gasteiger charge is -2.35. The van der Waals surface area contributed by atoms with Gasteiger partial charge in [-0.25, -0.2) is 0 Å². The first-order valence-electron chi connectivity index (χ1n) is 7.88. The van der Waals surface area contributed by atoms with Crippen molar-refractivity contribution in [2.24, 2.45) is 5.92 Å². The third-order valence-corrected chi connectivity index (χ3v) is 6.37. The van der Waals surface area contributed by atoms with Crippen molar-refractivity contribution in [3.8, 4) is 0 Å². The third-order valence-electron chi connectivity index (χ3n) is 4.50. The fourth-order valence-electron chi connectivity index (χ4n) is 3.36. The zero-order chi connectivity index (χ0) is 16.2. The van der Waals surface area contributed by atoms with Gasteiger partial charge in [-0.3, -0.25) is 9.69 Å². The molecule has 0 spiro atoms. The van der Waals surface area contributed by atoms with Crippen LogP contribution >= 0.6 is 23.1 Å². The average molecular weight is 358 g/mol. The van der Waals surface area contributed by atoms with Crippen LogP contribution in [0.4, 0.5) is 5.13 Å². The van der Waals surface area contributed by atoms with Crippen LogP contribution in [0.5, 0.6) is 0 Å². The lowest BCUT2D eigenvalue weighted by molar-refractivity contribution is -0.128. The zero-order valence-corrected chi connectivity index (χ0v) is 14.9. The Labute approximate surface area is 144 Å². The van der Waals surface area contributed by atoms with Crippen molar-refractivity contribution in [3.63, 3.8) is 0 Å². The number of ether oxygens (including phenoxy) is 1. The number of methoxy groups -OCH3 is 1. The summed E-state index contributed by atoms with van der Waals surface area (Å²) in [5, 5.41) is 8.18. The molecule has 1 aromatic heterocycles. The van der Waals surface area contributed by atoms with Gasteiger partial charge in [0.1, 0.15) is 0 Å². The van der Waals surface area contributed by atoms with Crippen LogP contribution in [0.15, 0.2) is 4.34 Å². The molecule has 3 aliphatic heterocycles. The van der Waals surface area contributed by atoms with Crippen molar-refractivity contribution in [2.45, 2.75) is 23.2 Å². The quantitative estimate of drug-likeness (QED) is 0.753. The average Bonchev–Trinajstić information content (AvgIpc) is 2.77. The number of aromatic nitrogens is 2. The van der Waals surface area contributed by atoms with E-state index in [9.17, 15) is 4.79 Å². The molecular weight excluding hydrogens is 334 g/mol.